The Labute approximate surface area is 115 Å². The smallest absolute Gasteiger partial charge is 0.159 e. The van der Waals surface area contributed by atoms with Gasteiger partial charge >= 0.3 is 0 Å². The van der Waals surface area contributed by atoms with Gasteiger partial charge in [0.2, 0.25) is 0 Å². The first kappa shape index (κ1) is 13.0. The van der Waals surface area contributed by atoms with Crippen LogP contribution in [0.25, 0.3) is 11.1 Å². The Morgan fingerprint density at radius 2 is 2.05 bits per heavy atom. The maximum Gasteiger partial charge on any atom is 0.159 e. The highest BCUT2D eigenvalue weighted by Crippen LogP contribution is 2.29. The van der Waals surface area contributed by atoms with Crippen LogP contribution in [0.3, 0.4) is 0 Å². The zero-order chi connectivity index (χ0) is 14.1. The van der Waals surface area contributed by atoms with E-state index in [4.69, 9.17) is 0 Å². The zero-order valence-corrected chi connectivity index (χ0v) is 10.9. The summed E-state index contributed by atoms with van der Waals surface area (Å²) < 4.78 is 28.3. The van der Waals surface area contributed by atoms with E-state index in [-0.39, 0.29) is 5.56 Å². The van der Waals surface area contributed by atoms with Gasteiger partial charge in [-0.3, -0.25) is 9.48 Å². The minimum atomic E-state index is -1.02. The van der Waals surface area contributed by atoms with Crippen LogP contribution in [-0.2, 0) is 6.54 Å². The molecule has 1 aliphatic rings. The average molecular weight is 276 g/mol. The summed E-state index contributed by atoms with van der Waals surface area (Å²) in [4.78, 5) is 11.0. The Morgan fingerprint density at radius 3 is 2.70 bits per heavy atom. The maximum absolute atomic E-state index is 13.3. The molecule has 2 aromatic rings. The molecular weight excluding hydrogens is 262 g/mol. The summed E-state index contributed by atoms with van der Waals surface area (Å²) in [6.45, 7) is 0.833. The van der Waals surface area contributed by atoms with Crippen molar-refractivity contribution in [2.75, 3.05) is 0 Å². The number of aldehydes is 1. The Balaban J connectivity index is 1.91. The molecule has 1 aromatic heterocycles. The summed E-state index contributed by atoms with van der Waals surface area (Å²) in [5.74, 6) is -1.33. The molecule has 104 valence electrons. The third kappa shape index (κ3) is 2.35. The van der Waals surface area contributed by atoms with Gasteiger partial charge < -0.3 is 0 Å². The molecule has 0 amide bonds. The van der Waals surface area contributed by atoms with Crippen LogP contribution in [0.1, 0.15) is 29.6 Å². The lowest BCUT2D eigenvalue weighted by atomic mass is 9.85. The molecule has 3 rings (SSSR count). The van der Waals surface area contributed by atoms with Crippen molar-refractivity contribution in [3.8, 4) is 11.1 Å². The highest BCUT2D eigenvalue weighted by molar-refractivity contribution is 5.87. The van der Waals surface area contributed by atoms with E-state index in [1.54, 1.807) is 17.1 Å². The number of hydrogen-bond donors (Lipinski definition) is 0. The van der Waals surface area contributed by atoms with Gasteiger partial charge in [0.25, 0.3) is 0 Å². The average Bonchev–Trinajstić information content (AvgIpc) is 2.85. The van der Waals surface area contributed by atoms with Gasteiger partial charge in [-0.1, -0.05) is 6.42 Å². The van der Waals surface area contributed by atoms with Gasteiger partial charge in [0.1, 0.15) is 0 Å². The molecule has 0 bridgehead atoms. The van der Waals surface area contributed by atoms with E-state index in [0.717, 1.165) is 18.7 Å². The third-order valence-electron chi connectivity index (χ3n) is 3.83. The first-order chi connectivity index (χ1) is 9.67. The fourth-order valence-electron chi connectivity index (χ4n) is 2.45. The molecule has 5 heteroatoms. The molecule has 0 spiro atoms. The van der Waals surface area contributed by atoms with Crippen LogP contribution < -0.4 is 0 Å². The summed E-state index contributed by atoms with van der Waals surface area (Å²) in [5, 5.41) is 4.23. The summed E-state index contributed by atoms with van der Waals surface area (Å²) in [6, 6.07) is 1.96. The van der Waals surface area contributed by atoms with Gasteiger partial charge in [0.05, 0.1) is 6.20 Å². The van der Waals surface area contributed by atoms with Crippen LogP contribution in [0, 0.1) is 17.6 Å². The predicted octanol–water partition coefficient (Wildman–Crippen LogP) is 3.44. The van der Waals surface area contributed by atoms with Crippen LogP contribution in [0.15, 0.2) is 24.5 Å². The highest BCUT2D eigenvalue weighted by atomic mass is 19.2. The predicted molar refractivity (Wildman–Crippen MR) is 70.3 cm³/mol. The first-order valence-electron chi connectivity index (χ1n) is 6.64. The van der Waals surface area contributed by atoms with E-state index >= 15 is 0 Å². The lowest BCUT2D eigenvalue weighted by molar-refractivity contribution is 0.112. The van der Waals surface area contributed by atoms with E-state index in [1.807, 2.05) is 0 Å². The van der Waals surface area contributed by atoms with Crippen LogP contribution in [0.5, 0.6) is 0 Å². The van der Waals surface area contributed by atoms with Crippen LogP contribution in [0.2, 0.25) is 0 Å². The van der Waals surface area contributed by atoms with Gasteiger partial charge in [0, 0.05) is 23.9 Å². The summed E-state index contributed by atoms with van der Waals surface area (Å²) in [7, 11) is 0. The fourth-order valence-corrected chi connectivity index (χ4v) is 2.45. The minimum absolute atomic E-state index is 0.132. The van der Waals surface area contributed by atoms with Gasteiger partial charge in [-0.25, -0.2) is 8.78 Å². The van der Waals surface area contributed by atoms with Gasteiger partial charge in [-0.05, 0) is 36.5 Å². The van der Waals surface area contributed by atoms with Crippen molar-refractivity contribution < 1.29 is 13.6 Å². The molecule has 20 heavy (non-hydrogen) atoms. The lowest BCUT2D eigenvalue weighted by Gasteiger charge is -2.24. The topological polar surface area (TPSA) is 34.9 Å². The molecule has 0 unspecified atom stereocenters. The Bertz CT molecular complexity index is 647. The highest BCUT2D eigenvalue weighted by Gasteiger charge is 2.19. The van der Waals surface area contributed by atoms with Gasteiger partial charge in [-0.15, -0.1) is 0 Å². The Kier molecular flexibility index (Phi) is 3.34. The van der Waals surface area contributed by atoms with Crippen molar-refractivity contribution in [1.82, 2.24) is 9.78 Å². The van der Waals surface area contributed by atoms with E-state index < -0.39 is 11.6 Å². The Morgan fingerprint density at radius 1 is 1.30 bits per heavy atom. The molecule has 0 radical (unpaired) electrons. The molecule has 1 fully saturated rings. The number of halogens is 2. The molecule has 1 aromatic carbocycles. The molecule has 0 N–H and O–H groups in total. The summed E-state index contributed by atoms with van der Waals surface area (Å²) in [6.07, 6.45) is 7.56. The molecule has 1 heterocycles. The minimum Gasteiger partial charge on any atom is -0.298 e. The van der Waals surface area contributed by atoms with Gasteiger partial charge in [-0.2, -0.15) is 5.10 Å². The number of aromatic nitrogens is 2. The second kappa shape index (κ2) is 5.15. The monoisotopic (exact) mass is 276 g/mol. The van der Waals surface area contributed by atoms with E-state index in [0.29, 0.717) is 23.3 Å². The summed E-state index contributed by atoms with van der Waals surface area (Å²) >= 11 is 0. The normalized spacial score (nSPS) is 15.1. The third-order valence-corrected chi connectivity index (χ3v) is 3.83. The second-order valence-corrected chi connectivity index (χ2v) is 5.22. The molecule has 1 aliphatic carbocycles. The molecule has 0 atom stereocenters. The second-order valence-electron chi connectivity index (χ2n) is 5.22. The van der Waals surface area contributed by atoms with E-state index in [9.17, 15) is 13.6 Å². The van der Waals surface area contributed by atoms with Crippen LogP contribution in [-0.4, -0.2) is 16.1 Å². The molecule has 0 saturated heterocycles. The van der Waals surface area contributed by atoms with Crippen molar-refractivity contribution in [2.45, 2.75) is 25.8 Å². The Hall–Kier alpha value is -2.04. The van der Waals surface area contributed by atoms with E-state index in [1.165, 1.54) is 19.3 Å². The quantitative estimate of drug-likeness (QED) is 0.802. The lowest BCUT2D eigenvalue weighted by Crippen LogP contribution is -2.18. The molecule has 3 nitrogen and oxygen atoms in total. The number of nitrogens with zero attached hydrogens (tertiary/aromatic N) is 2. The van der Waals surface area contributed by atoms with E-state index in [2.05, 4.69) is 5.10 Å². The van der Waals surface area contributed by atoms with Crippen molar-refractivity contribution in [3.05, 3.63) is 41.7 Å². The number of rotatable bonds is 4. The van der Waals surface area contributed by atoms with Crippen molar-refractivity contribution >= 4 is 6.29 Å². The fraction of sp³-hybridized carbons (Fsp3) is 0.333. The molecule has 1 saturated carbocycles. The first-order valence-corrected chi connectivity index (χ1v) is 6.64. The SMILES string of the molecule is O=Cc1cc(F)c(F)cc1-c1cnn(CC2CCC2)c1. The number of hydrogen-bond acceptors (Lipinski definition) is 2. The van der Waals surface area contributed by atoms with Crippen molar-refractivity contribution in [2.24, 2.45) is 5.92 Å². The summed E-state index contributed by atoms with van der Waals surface area (Å²) in [5.41, 5.74) is 1.14. The zero-order valence-electron chi connectivity index (χ0n) is 10.9. The van der Waals surface area contributed by atoms with Crippen LogP contribution >= 0.6 is 0 Å². The molecule has 0 aliphatic heterocycles. The largest absolute Gasteiger partial charge is 0.298 e. The number of carbonyl (C=O) groups excluding carboxylic acids is 1. The number of benzene rings is 1. The van der Waals surface area contributed by atoms with Crippen molar-refractivity contribution in [1.29, 1.82) is 0 Å². The maximum atomic E-state index is 13.3. The van der Waals surface area contributed by atoms with Crippen molar-refractivity contribution in [3.63, 3.8) is 0 Å². The van der Waals surface area contributed by atoms with Crippen LogP contribution in [0.4, 0.5) is 8.78 Å². The van der Waals surface area contributed by atoms with Gasteiger partial charge in [0.15, 0.2) is 17.9 Å². The standard InChI is InChI=1S/C15H14F2N2O/c16-14-4-11(9-20)13(5-15(14)17)12-6-18-19(8-12)7-10-2-1-3-10/h4-6,8-10H,1-3,7H2. The molecular formula is C15H14F2N2O. The number of carbonyl (C=O) groups is 1.